The van der Waals surface area contributed by atoms with Gasteiger partial charge in [-0.2, -0.15) is 0 Å². The first-order chi connectivity index (χ1) is 10.3. The van der Waals surface area contributed by atoms with Gasteiger partial charge >= 0.3 is 0 Å². The van der Waals surface area contributed by atoms with E-state index in [9.17, 15) is 0 Å². The lowest BCUT2D eigenvalue weighted by Gasteiger charge is -2.23. The monoisotopic (exact) mass is 273 g/mol. The fourth-order valence-electron chi connectivity index (χ4n) is 2.54. The molecular formula is C20H19N. The average molecular weight is 273 g/mol. The van der Waals surface area contributed by atoms with Gasteiger partial charge in [0.05, 0.1) is 0 Å². The maximum atomic E-state index is 2.24. The number of aryl methyl sites for hydroxylation is 1. The molecule has 0 saturated carbocycles. The normalized spacial score (nSPS) is 10.4. The van der Waals surface area contributed by atoms with Crippen molar-refractivity contribution in [3.63, 3.8) is 0 Å². The van der Waals surface area contributed by atoms with Crippen molar-refractivity contribution in [2.45, 2.75) is 6.92 Å². The summed E-state index contributed by atoms with van der Waals surface area (Å²) in [6, 6.07) is 27.7. The summed E-state index contributed by atoms with van der Waals surface area (Å²) in [5.41, 5.74) is 6.19. The topological polar surface area (TPSA) is 3.24 Å². The molecule has 3 aromatic rings. The Balaban J connectivity index is 2.05. The summed E-state index contributed by atoms with van der Waals surface area (Å²) in [5, 5.41) is 0. The minimum Gasteiger partial charge on any atom is -0.344 e. The van der Waals surface area contributed by atoms with Gasteiger partial charge in [-0.25, -0.2) is 0 Å². The van der Waals surface area contributed by atoms with Crippen LogP contribution >= 0.6 is 0 Å². The smallest absolute Gasteiger partial charge is 0.0487 e. The lowest BCUT2D eigenvalue weighted by Crippen LogP contribution is -2.10. The van der Waals surface area contributed by atoms with Gasteiger partial charge in [-0.05, 0) is 30.7 Å². The predicted molar refractivity (Wildman–Crippen MR) is 91.1 cm³/mol. The fraction of sp³-hybridized carbons (Fsp3) is 0.100. The zero-order valence-electron chi connectivity index (χ0n) is 12.5. The van der Waals surface area contributed by atoms with Crippen LogP contribution in [0.3, 0.4) is 0 Å². The molecule has 1 heteroatoms. The van der Waals surface area contributed by atoms with E-state index in [2.05, 4.69) is 97.7 Å². The molecule has 0 fully saturated rings. The maximum absolute atomic E-state index is 2.24. The molecule has 3 rings (SSSR count). The molecule has 0 saturated heterocycles. The lowest BCUT2D eigenvalue weighted by atomic mass is 10.0. The van der Waals surface area contributed by atoms with Crippen LogP contribution in [0.25, 0.3) is 11.1 Å². The van der Waals surface area contributed by atoms with Crippen LogP contribution in [0.5, 0.6) is 0 Å². The van der Waals surface area contributed by atoms with Crippen LogP contribution in [0, 0.1) is 6.92 Å². The number of rotatable bonds is 3. The van der Waals surface area contributed by atoms with E-state index in [-0.39, 0.29) is 0 Å². The Morgan fingerprint density at radius 2 is 1.29 bits per heavy atom. The first-order valence-corrected chi connectivity index (χ1v) is 7.20. The van der Waals surface area contributed by atoms with Gasteiger partial charge in [0.15, 0.2) is 0 Å². The van der Waals surface area contributed by atoms with Gasteiger partial charge in [-0.1, -0.05) is 66.2 Å². The van der Waals surface area contributed by atoms with Crippen molar-refractivity contribution in [2.75, 3.05) is 11.9 Å². The van der Waals surface area contributed by atoms with Gasteiger partial charge < -0.3 is 4.90 Å². The van der Waals surface area contributed by atoms with Crippen molar-refractivity contribution in [1.82, 2.24) is 0 Å². The van der Waals surface area contributed by atoms with Gasteiger partial charge in [0.2, 0.25) is 0 Å². The van der Waals surface area contributed by atoms with Crippen molar-refractivity contribution in [3.05, 3.63) is 84.4 Å². The third kappa shape index (κ3) is 2.82. The van der Waals surface area contributed by atoms with E-state index in [0.29, 0.717) is 0 Å². The van der Waals surface area contributed by atoms with E-state index in [1.54, 1.807) is 0 Å². The van der Waals surface area contributed by atoms with Crippen LogP contribution in [-0.2, 0) is 0 Å². The van der Waals surface area contributed by atoms with Gasteiger partial charge in [-0.3, -0.25) is 0 Å². The number of anilines is 2. The fourth-order valence-corrected chi connectivity index (χ4v) is 2.54. The summed E-state index contributed by atoms with van der Waals surface area (Å²) < 4.78 is 0. The second kappa shape index (κ2) is 5.84. The second-order valence-corrected chi connectivity index (χ2v) is 5.28. The Bertz CT molecular complexity index is 714. The molecule has 0 N–H and O–H groups in total. The highest BCUT2D eigenvalue weighted by Crippen LogP contribution is 2.33. The largest absolute Gasteiger partial charge is 0.344 e. The van der Waals surface area contributed by atoms with Crippen molar-refractivity contribution >= 4 is 11.4 Å². The highest BCUT2D eigenvalue weighted by atomic mass is 15.1. The molecule has 104 valence electrons. The molecule has 0 bridgehead atoms. The van der Waals surface area contributed by atoms with E-state index in [1.807, 2.05) is 0 Å². The minimum absolute atomic E-state index is 1.20. The molecule has 0 aromatic heterocycles. The highest BCUT2D eigenvalue weighted by molar-refractivity contribution is 5.82. The van der Waals surface area contributed by atoms with Crippen molar-refractivity contribution in [2.24, 2.45) is 0 Å². The summed E-state index contributed by atoms with van der Waals surface area (Å²) >= 11 is 0. The van der Waals surface area contributed by atoms with Crippen LogP contribution in [0.4, 0.5) is 11.4 Å². The lowest BCUT2D eigenvalue weighted by molar-refractivity contribution is 1.21. The van der Waals surface area contributed by atoms with Crippen molar-refractivity contribution < 1.29 is 0 Å². The van der Waals surface area contributed by atoms with Crippen LogP contribution in [0.1, 0.15) is 5.56 Å². The zero-order chi connectivity index (χ0) is 14.7. The molecule has 21 heavy (non-hydrogen) atoms. The maximum Gasteiger partial charge on any atom is 0.0487 e. The van der Waals surface area contributed by atoms with Gasteiger partial charge in [0.25, 0.3) is 0 Å². The average Bonchev–Trinajstić information content (AvgIpc) is 2.56. The highest BCUT2D eigenvalue weighted by Gasteiger charge is 2.09. The van der Waals surface area contributed by atoms with E-state index in [1.165, 1.54) is 28.1 Å². The van der Waals surface area contributed by atoms with E-state index in [4.69, 9.17) is 0 Å². The molecule has 0 radical (unpaired) electrons. The van der Waals surface area contributed by atoms with Gasteiger partial charge in [0, 0.05) is 24.0 Å². The van der Waals surface area contributed by atoms with Crippen molar-refractivity contribution in [3.8, 4) is 11.1 Å². The number of benzene rings is 3. The Morgan fingerprint density at radius 1 is 0.667 bits per heavy atom. The van der Waals surface area contributed by atoms with E-state index < -0.39 is 0 Å². The molecule has 0 aliphatic carbocycles. The Hall–Kier alpha value is -2.54. The van der Waals surface area contributed by atoms with Crippen LogP contribution in [0.15, 0.2) is 78.9 Å². The first kappa shape index (κ1) is 13.4. The van der Waals surface area contributed by atoms with Gasteiger partial charge in [0.1, 0.15) is 0 Å². The molecule has 0 heterocycles. The molecule has 1 nitrogen and oxygen atoms in total. The Kier molecular flexibility index (Phi) is 3.74. The third-order valence-corrected chi connectivity index (χ3v) is 3.77. The van der Waals surface area contributed by atoms with Crippen LogP contribution in [0.2, 0.25) is 0 Å². The molecule has 3 aromatic carbocycles. The molecule has 0 amide bonds. The third-order valence-electron chi connectivity index (χ3n) is 3.77. The summed E-state index contributed by atoms with van der Waals surface area (Å²) in [6.45, 7) is 2.11. The standard InChI is InChI=1S/C20H19N/c1-16-12-14-18(15-13-16)21(2)20-11-7-6-10-19(20)17-8-4-3-5-9-17/h3-15H,1-2H3. The quantitative estimate of drug-likeness (QED) is 0.615. The first-order valence-electron chi connectivity index (χ1n) is 7.20. The molecular weight excluding hydrogens is 254 g/mol. The van der Waals surface area contributed by atoms with Gasteiger partial charge in [-0.15, -0.1) is 0 Å². The SMILES string of the molecule is Cc1ccc(N(C)c2ccccc2-c2ccccc2)cc1. The summed E-state index contributed by atoms with van der Waals surface area (Å²) in [6.07, 6.45) is 0. The summed E-state index contributed by atoms with van der Waals surface area (Å²) in [7, 11) is 2.12. The summed E-state index contributed by atoms with van der Waals surface area (Å²) in [5.74, 6) is 0. The van der Waals surface area contributed by atoms with Crippen LogP contribution in [-0.4, -0.2) is 7.05 Å². The number of hydrogen-bond acceptors (Lipinski definition) is 1. The minimum atomic E-state index is 1.20. The summed E-state index contributed by atoms with van der Waals surface area (Å²) in [4.78, 5) is 2.24. The molecule has 0 aliphatic rings. The van der Waals surface area contributed by atoms with E-state index >= 15 is 0 Å². The second-order valence-electron chi connectivity index (χ2n) is 5.28. The Morgan fingerprint density at radius 3 is 2.00 bits per heavy atom. The van der Waals surface area contributed by atoms with E-state index in [0.717, 1.165) is 0 Å². The predicted octanol–water partition coefficient (Wildman–Crippen LogP) is 5.43. The number of nitrogens with zero attached hydrogens (tertiary/aromatic N) is 1. The zero-order valence-corrected chi connectivity index (χ0v) is 12.5. The number of hydrogen-bond donors (Lipinski definition) is 0. The number of para-hydroxylation sites is 1. The molecule has 0 atom stereocenters. The molecule has 0 aliphatic heterocycles. The molecule has 0 spiro atoms. The van der Waals surface area contributed by atoms with Crippen LogP contribution < -0.4 is 4.90 Å². The Labute approximate surface area is 126 Å². The molecule has 0 unspecified atom stereocenters. The van der Waals surface area contributed by atoms with Crippen molar-refractivity contribution in [1.29, 1.82) is 0 Å².